The fourth-order valence-corrected chi connectivity index (χ4v) is 4.89. The zero-order chi connectivity index (χ0) is 18.8. The first-order valence-electron chi connectivity index (χ1n) is 9.82. The third kappa shape index (κ3) is 3.84. The van der Waals surface area contributed by atoms with Crippen LogP contribution in [0, 0.1) is 0 Å². The lowest BCUT2D eigenvalue weighted by atomic mass is 10.00. The molecule has 1 atom stereocenters. The van der Waals surface area contributed by atoms with E-state index in [1.165, 1.54) is 4.88 Å². The molecule has 2 aromatic heterocycles. The second-order valence-electron chi connectivity index (χ2n) is 7.37. The Labute approximate surface area is 163 Å². The van der Waals surface area contributed by atoms with Crippen LogP contribution in [0.3, 0.4) is 0 Å². The summed E-state index contributed by atoms with van der Waals surface area (Å²) in [7, 11) is 0. The number of thiophene rings is 1. The van der Waals surface area contributed by atoms with Crippen molar-refractivity contribution in [2.75, 3.05) is 13.1 Å². The number of hydrogen-bond donors (Lipinski definition) is 1. The van der Waals surface area contributed by atoms with Gasteiger partial charge in [-0.2, -0.15) is 0 Å². The van der Waals surface area contributed by atoms with Crippen molar-refractivity contribution in [3.8, 4) is 0 Å². The molecule has 6 nitrogen and oxygen atoms in total. The van der Waals surface area contributed by atoms with Gasteiger partial charge in [0, 0.05) is 43.0 Å². The molecule has 0 saturated carbocycles. The number of aromatic amines is 1. The van der Waals surface area contributed by atoms with Crippen LogP contribution in [0.1, 0.15) is 60.6 Å². The highest BCUT2D eigenvalue weighted by Crippen LogP contribution is 2.30. The summed E-state index contributed by atoms with van der Waals surface area (Å²) < 4.78 is 0. The summed E-state index contributed by atoms with van der Waals surface area (Å²) in [5.74, 6) is 0.803. The van der Waals surface area contributed by atoms with E-state index in [1.807, 2.05) is 11.8 Å². The SMILES string of the molecule is CCC(=O)N1CCCCC1c1nc2c(c(=O)[nH]1)CCN(Cc1cccs1)C2. The molecule has 1 unspecified atom stereocenters. The van der Waals surface area contributed by atoms with E-state index in [0.717, 1.165) is 56.6 Å². The number of piperidine rings is 1. The number of likely N-dealkylation sites (tertiary alicyclic amines) is 1. The lowest BCUT2D eigenvalue weighted by Crippen LogP contribution is -2.41. The lowest BCUT2D eigenvalue weighted by Gasteiger charge is -2.35. The van der Waals surface area contributed by atoms with Crippen LogP contribution in [-0.2, 0) is 24.3 Å². The fraction of sp³-hybridized carbons (Fsp3) is 0.550. The van der Waals surface area contributed by atoms with Crippen molar-refractivity contribution >= 4 is 17.2 Å². The Kier molecular flexibility index (Phi) is 5.41. The van der Waals surface area contributed by atoms with Crippen molar-refractivity contribution in [1.82, 2.24) is 19.8 Å². The van der Waals surface area contributed by atoms with Crippen molar-refractivity contribution in [3.63, 3.8) is 0 Å². The zero-order valence-electron chi connectivity index (χ0n) is 15.7. The first-order valence-corrected chi connectivity index (χ1v) is 10.7. The molecule has 0 aliphatic carbocycles. The Balaban J connectivity index is 1.60. The molecule has 2 aliphatic rings. The van der Waals surface area contributed by atoms with Crippen LogP contribution in [0.15, 0.2) is 22.3 Å². The number of nitrogens with one attached hydrogen (secondary N) is 1. The highest BCUT2D eigenvalue weighted by Gasteiger charge is 2.30. The number of hydrogen-bond acceptors (Lipinski definition) is 5. The van der Waals surface area contributed by atoms with Crippen LogP contribution in [0.25, 0.3) is 0 Å². The summed E-state index contributed by atoms with van der Waals surface area (Å²) in [5, 5.41) is 2.09. The molecule has 2 aliphatic heterocycles. The molecule has 0 radical (unpaired) electrons. The molecule has 4 rings (SSSR count). The molecule has 1 saturated heterocycles. The molecule has 1 fully saturated rings. The van der Waals surface area contributed by atoms with Crippen LogP contribution < -0.4 is 5.56 Å². The normalized spacial score (nSPS) is 20.5. The highest BCUT2D eigenvalue weighted by molar-refractivity contribution is 7.09. The van der Waals surface area contributed by atoms with Crippen molar-refractivity contribution in [1.29, 1.82) is 0 Å². The van der Waals surface area contributed by atoms with E-state index in [2.05, 4.69) is 27.4 Å². The quantitative estimate of drug-likeness (QED) is 0.877. The first kappa shape index (κ1) is 18.4. The smallest absolute Gasteiger partial charge is 0.254 e. The van der Waals surface area contributed by atoms with Crippen LogP contribution >= 0.6 is 11.3 Å². The Morgan fingerprint density at radius 3 is 3.04 bits per heavy atom. The van der Waals surface area contributed by atoms with E-state index in [9.17, 15) is 9.59 Å². The zero-order valence-corrected chi connectivity index (χ0v) is 16.6. The van der Waals surface area contributed by atoms with E-state index in [4.69, 9.17) is 4.98 Å². The van der Waals surface area contributed by atoms with Gasteiger partial charge in [0.15, 0.2) is 0 Å². The van der Waals surface area contributed by atoms with Gasteiger partial charge in [0.1, 0.15) is 5.82 Å². The summed E-state index contributed by atoms with van der Waals surface area (Å²) in [6.07, 6.45) is 4.16. The molecular formula is C20H26N4O2S. The molecule has 0 aromatic carbocycles. The molecule has 1 N–H and O–H groups in total. The monoisotopic (exact) mass is 386 g/mol. The summed E-state index contributed by atoms with van der Waals surface area (Å²) in [4.78, 5) is 38.5. The van der Waals surface area contributed by atoms with Crippen molar-refractivity contribution in [2.24, 2.45) is 0 Å². The number of carbonyl (C=O) groups excluding carboxylic acids is 1. The summed E-state index contributed by atoms with van der Waals surface area (Å²) in [6.45, 7) is 5.10. The van der Waals surface area contributed by atoms with E-state index in [1.54, 1.807) is 11.3 Å². The van der Waals surface area contributed by atoms with Gasteiger partial charge in [-0.15, -0.1) is 11.3 Å². The van der Waals surface area contributed by atoms with E-state index in [0.29, 0.717) is 18.8 Å². The average Bonchev–Trinajstić information content (AvgIpc) is 3.20. The predicted molar refractivity (Wildman–Crippen MR) is 106 cm³/mol. The summed E-state index contributed by atoms with van der Waals surface area (Å²) >= 11 is 1.76. The van der Waals surface area contributed by atoms with Gasteiger partial charge in [0.2, 0.25) is 5.91 Å². The van der Waals surface area contributed by atoms with Gasteiger partial charge in [-0.1, -0.05) is 13.0 Å². The van der Waals surface area contributed by atoms with E-state index in [-0.39, 0.29) is 17.5 Å². The first-order chi connectivity index (χ1) is 13.2. The van der Waals surface area contributed by atoms with E-state index < -0.39 is 0 Å². The second kappa shape index (κ2) is 7.94. The Bertz CT molecular complexity index is 861. The fourth-order valence-electron chi connectivity index (χ4n) is 4.15. The second-order valence-corrected chi connectivity index (χ2v) is 8.40. The van der Waals surface area contributed by atoms with Gasteiger partial charge in [-0.05, 0) is 37.1 Å². The van der Waals surface area contributed by atoms with Crippen LogP contribution in [0.4, 0.5) is 0 Å². The molecule has 4 heterocycles. The minimum Gasteiger partial charge on any atom is -0.333 e. The Morgan fingerprint density at radius 1 is 1.37 bits per heavy atom. The number of rotatable bonds is 4. The van der Waals surface area contributed by atoms with Crippen molar-refractivity contribution in [3.05, 3.63) is 49.8 Å². The molecule has 144 valence electrons. The van der Waals surface area contributed by atoms with Crippen molar-refractivity contribution < 1.29 is 4.79 Å². The third-order valence-electron chi connectivity index (χ3n) is 5.57. The number of amides is 1. The van der Waals surface area contributed by atoms with Gasteiger partial charge in [0.25, 0.3) is 5.56 Å². The third-order valence-corrected chi connectivity index (χ3v) is 6.43. The van der Waals surface area contributed by atoms with Crippen LogP contribution in [0.2, 0.25) is 0 Å². The highest BCUT2D eigenvalue weighted by atomic mass is 32.1. The predicted octanol–water partition coefficient (Wildman–Crippen LogP) is 2.85. The van der Waals surface area contributed by atoms with Crippen LogP contribution in [-0.4, -0.2) is 38.8 Å². The number of aromatic nitrogens is 2. The standard InChI is InChI=1S/C20H26N4O2S/c1-2-18(25)24-9-4-3-7-17(24)19-21-16-13-23(12-14-6-5-11-27-14)10-8-15(16)20(26)22-19/h5-6,11,17H,2-4,7-10,12-13H2,1H3,(H,21,22,26). The van der Waals surface area contributed by atoms with Gasteiger partial charge in [-0.25, -0.2) is 4.98 Å². The minimum absolute atomic E-state index is 0.0276. The summed E-state index contributed by atoms with van der Waals surface area (Å²) in [5.41, 5.74) is 1.66. The maximum atomic E-state index is 12.7. The van der Waals surface area contributed by atoms with Gasteiger partial charge >= 0.3 is 0 Å². The molecule has 0 spiro atoms. The number of nitrogens with zero attached hydrogens (tertiary/aromatic N) is 3. The number of carbonyl (C=O) groups is 1. The molecule has 2 aromatic rings. The molecule has 7 heteroatoms. The molecule has 1 amide bonds. The van der Waals surface area contributed by atoms with Crippen molar-refractivity contribution in [2.45, 2.75) is 58.2 Å². The maximum absolute atomic E-state index is 12.7. The number of fused-ring (bicyclic) bond motifs is 1. The Hall–Kier alpha value is -1.99. The van der Waals surface area contributed by atoms with E-state index >= 15 is 0 Å². The van der Waals surface area contributed by atoms with Gasteiger partial charge < -0.3 is 9.88 Å². The maximum Gasteiger partial charge on any atom is 0.254 e. The topological polar surface area (TPSA) is 69.3 Å². The van der Waals surface area contributed by atoms with Gasteiger partial charge in [-0.3, -0.25) is 14.5 Å². The Morgan fingerprint density at radius 2 is 2.26 bits per heavy atom. The molecular weight excluding hydrogens is 360 g/mol. The lowest BCUT2D eigenvalue weighted by molar-refractivity contribution is -0.134. The molecule has 27 heavy (non-hydrogen) atoms. The van der Waals surface area contributed by atoms with Gasteiger partial charge in [0.05, 0.1) is 11.7 Å². The largest absolute Gasteiger partial charge is 0.333 e. The number of H-pyrrole nitrogens is 1. The average molecular weight is 387 g/mol. The van der Waals surface area contributed by atoms with Crippen LogP contribution in [0.5, 0.6) is 0 Å². The minimum atomic E-state index is -0.100. The molecule has 0 bridgehead atoms. The summed E-state index contributed by atoms with van der Waals surface area (Å²) in [6, 6.07) is 4.12.